The first kappa shape index (κ1) is 23.2. The zero-order chi connectivity index (χ0) is 22.6. The molecule has 0 bridgehead atoms. The maximum absolute atomic E-state index is 13.1. The number of carbonyl (C=O) groups is 3. The second kappa shape index (κ2) is 9.78. The summed E-state index contributed by atoms with van der Waals surface area (Å²) < 4.78 is 37.5. The van der Waals surface area contributed by atoms with Crippen molar-refractivity contribution in [2.75, 3.05) is 33.3 Å². The largest absolute Gasteiger partial charge is 0.465 e. The quantitative estimate of drug-likeness (QED) is 0.601. The van der Waals surface area contributed by atoms with Gasteiger partial charge in [-0.2, -0.15) is 4.31 Å². The number of rotatable bonds is 6. The smallest absolute Gasteiger partial charge is 0.339 e. The molecular formula is C21H28N2O7S. The molecule has 2 saturated heterocycles. The molecule has 2 aliphatic rings. The Labute approximate surface area is 182 Å². The number of hydrogen-bond acceptors (Lipinski definition) is 7. The molecule has 0 N–H and O–H groups in total. The number of likely N-dealkylation sites (tertiary alicyclic amines) is 1. The van der Waals surface area contributed by atoms with Crippen LogP contribution in [0.15, 0.2) is 29.2 Å². The lowest BCUT2D eigenvalue weighted by Crippen LogP contribution is -2.43. The Bertz CT molecular complexity index is 933. The van der Waals surface area contributed by atoms with Gasteiger partial charge in [-0.25, -0.2) is 13.2 Å². The number of hydrogen-bond donors (Lipinski definition) is 0. The van der Waals surface area contributed by atoms with Crippen LogP contribution in [0, 0.1) is 5.92 Å². The monoisotopic (exact) mass is 452 g/mol. The summed E-state index contributed by atoms with van der Waals surface area (Å²) in [6.07, 6.45) is 1.63. The molecule has 2 heterocycles. The zero-order valence-electron chi connectivity index (χ0n) is 17.8. The number of carbonyl (C=O) groups excluding carboxylic acids is 3. The van der Waals surface area contributed by atoms with Crippen LogP contribution < -0.4 is 0 Å². The van der Waals surface area contributed by atoms with Crippen LogP contribution in [0.4, 0.5) is 0 Å². The molecule has 1 aromatic carbocycles. The zero-order valence-corrected chi connectivity index (χ0v) is 18.6. The lowest BCUT2D eigenvalue weighted by Gasteiger charge is -2.31. The summed E-state index contributed by atoms with van der Waals surface area (Å²) in [5.41, 5.74) is -0.0271. The van der Waals surface area contributed by atoms with Gasteiger partial charge < -0.3 is 14.4 Å². The Hall–Kier alpha value is -2.46. The summed E-state index contributed by atoms with van der Waals surface area (Å²) in [5.74, 6) is -1.87. The van der Waals surface area contributed by atoms with Crippen LogP contribution in [0.2, 0.25) is 0 Å². The molecule has 9 nitrogen and oxygen atoms in total. The Morgan fingerprint density at radius 2 is 1.65 bits per heavy atom. The van der Waals surface area contributed by atoms with Gasteiger partial charge in [0.05, 0.1) is 23.5 Å². The van der Waals surface area contributed by atoms with Gasteiger partial charge in [0.25, 0.3) is 5.91 Å². The highest BCUT2D eigenvalue weighted by Gasteiger charge is 2.36. The number of benzene rings is 1. The number of nitrogens with zero attached hydrogens (tertiary/aromatic N) is 2. The van der Waals surface area contributed by atoms with Crippen molar-refractivity contribution in [3.63, 3.8) is 0 Å². The van der Waals surface area contributed by atoms with Gasteiger partial charge in [0.15, 0.2) is 6.10 Å². The van der Waals surface area contributed by atoms with Crippen LogP contribution in [0.3, 0.4) is 0 Å². The van der Waals surface area contributed by atoms with Gasteiger partial charge in [-0.3, -0.25) is 9.59 Å². The third-order valence-corrected chi connectivity index (χ3v) is 7.71. The van der Waals surface area contributed by atoms with Crippen molar-refractivity contribution in [2.24, 2.45) is 5.92 Å². The molecule has 0 aliphatic carbocycles. The van der Waals surface area contributed by atoms with E-state index in [1.165, 1.54) is 23.5 Å². The van der Waals surface area contributed by atoms with Gasteiger partial charge in [0.1, 0.15) is 0 Å². The maximum atomic E-state index is 13.1. The van der Waals surface area contributed by atoms with Gasteiger partial charge in [-0.05, 0) is 44.7 Å². The van der Waals surface area contributed by atoms with Crippen molar-refractivity contribution in [3.8, 4) is 0 Å². The predicted octanol–water partition coefficient (Wildman–Crippen LogP) is 1.43. The fraction of sp³-hybridized carbons (Fsp3) is 0.571. The van der Waals surface area contributed by atoms with E-state index in [-0.39, 0.29) is 42.3 Å². The normalized spacial score (nSPS) is 19.1. The van der Waals surface area contributed by atoms with Crippen molar-refractivity contribution < 1.29 is 32.3 Å². The second-order valence-corrected chi connectivity index (χ2v) is 9.68. The number of methoxy groups -OCH3 is 1. The summed E-state index contributed by atoms with van der Waals surface area (Å²) in [5, 5.41) is 0. The summed E-state index contributed by atoms with van der Waals surface area (Å²) in [6, 6.07) is 5.88. The molecule has 0 radical (unpaired) electrons. The summed E-state index contributed by atoms with van der Waals surface area (Å²) >= 11 is 0. The molecule has 1 amide bonds. The van der Waals surface area contributed by atoms with Gasteiger partial charge in [0.2, 0.25) is 10.0 Å². The van der Waals surface area contributed by atoms with E-state index in [1.807, 2.05) is 0 Å². The summed E-state index contributed by atoms with van der Waals surface area (Å²) in [6.45, 7) is 3.17. The lowest BCUT2D eigenvalue weighted by atomic mass is 9.98. The van der Waals surface area contributed by atoms with Gasteiger partial charge in [-0.15, -0.1) is 0 Å². The molecule has 2 fully saturated rings. The van der Waals surface area contributed by atoms with Gasteiger partial charge in [0, 0.05) is 26.2 Å². The standard InChI is InChI=1S/C21H28N2O7S/c1-15(19(24)22-11-5-6-12-22)30-20(25)16-9-13-23(14-10-16)31(27,28)18-8-4-3-7-17(18)21(26)29-2/h3-4,7-8,15-16H,5-6,9-14H2,1-2H3. The Balaban J connectivity index is 1.60. The molecule has 1 atom stereocenters. The fourth-order valence-electron chi connectivity index (χ4n) is 3.96. The van der Waals surface area contributed by atoms with Crippen LogP contribution in [0.1, 0.15) is 43.0 Å². The Kier molecular flexibility index (Phi) is 7.32. The number of piperidine rings is 1. The van der Waals surface area contributed by atoms with Gasteiger partial charge in [-0.1, -0.05) is 12.1 Å². The second-order valence-electron chi connectivity index (χ2n) is 7.78. The van der Waals surface area contributed by atoms with E-state index in [0.29, 0.717) is 13.1 Å². The molecular weight excluding hydrogens is 424 g/mol. The highest BCUT2D eigenvalue weighted by Crippen LogP contribution is 2.27. The van der Waals surface area contributed by atoms with E-state index in [1.54, 1.807) is 24.0 Å². The molecule has 1 unspecified atom stereocenters. The molecule has 170 valence electrons. The van der Waals surface area contributed by atoms with Crippen molar-refractivity contribution in [2.45, 2.75) is 43.6 Å². The van der Waals surface area contributed by atoms with E-state index in [4.69, 9.17) is 4.74 Å². The molecule has 0 saturated carbocycles. The van der Waals surface area contributed by atoms with Crippen LogP contribution in [0.5, 0.6) is 0 Å². The van der Waals surface area contributed by atoms with E-state index in [2.05, 4.69) is 4.74 Å². The first-order valence-electron chi connectivity index (χ1n) is 10.4. The Morgan fingerprint density at radius 3 is 2.26 bits per heavy atom. The molecule has 31 heavy (non-hydrogen) atoms. The minimum Gasteiger partial charge on any atom is -0.465 e. The SMILES string of the molecule is COC(=O)c1ccccc1S(=O)(=O)N1CCC(C(=O)OC(C)C(=O)N2CCCC2)CC1. The first-order valence-corrected chi connectivity index (χ1v) is 11.9. The van der Waals surface area contributed by atoms with Crippen molar-refractivity contribution >= 4 is 27.9 Å². The molecule has 10 heteroatoms. The van der Waals surface area contributed by atoms with Crippen molar-refractivity contribution in [3.05, 3.63) is 29.8 Å². The third kappa shape index (κ3) is 5.07. The van der Waals surface area contributed by atoms with Crippen LogP contribution in [0.25, 0.3) is 0 Å². The molecule has 1 aromatic rings. The molecule has 0 spiro atoms. The number of sulfonamides is 1. The summed E-state index contributed by atoms with van der Waals surface area (Å²) in [4.78, 5) is 38.4. The average Bonchev–Trinajstić information content (AvgIpc) is 3.33. The lowest BCUT2D eigenvalue weighted by molar-refractivity contribution is -0.163. The molecule has 2 aliphatic heterocycles. The highest BCUT2D eigenvalue weighted by molar-refractivity contribution is 7.89. The predicted molar refractivity (Wildman–Crippen MR) is 111 cm³/mol. The van der Waals surface area contributed by atoms with E-state index >= 15 is 0 Å². The van der Waals surface area contributed by atoms with Crippen LogP contribution >= 0.6 is 0 Å². The van der Waals surface area contributed by atoms with Crippen molar-refractivity contribution in [1.29, 1.82) is 0 Å². The van der Waals surface area contributed by atoms with Crippen molar-refractivity contribution in [1.82, 2.24) is 9.21 Å². The number of ether oxygens (including phenoxy) is 2. The number of amides is 1. The van der Waals surface area contributed by atoms with E-state index in [9.17, 15) is 22.8 Å². The average molecular weight is 453 g/mol. The first-order chi connectivity index (χ1) is 14.8. The highest BCUT2D eigenvalue weighted by atomic mass is 32.2. The van der Waals surface area contributed by atoms with Crippen LogP contribution in [-0.2, 0) is 29.1 Å². The Morgan fingerprint density at radius 1 is 1.03 bits per heavy atom. The third-order valence-electron chi connectivity index (χ3n) is 5.76. The minimum atomic E-state index is -3.92. The number of esters is 2. The van der Waals surface area contributed by atoms with E-state index < -0.39 is 34.0 Å². The van der Waals surface area contributed by atoms with E-state index in [0.717, 1.165) is 12.8 Å². The van der Waals surface area contributed by atoms with Gasteiger partial charge >= 0.3 is 11.9 Å². The molecule has 3 rings (SSSR count). The molecule has 0 aromatic heterocycles. The van der Waals surface area contributed by atoms with Crippen LogP contribution in [-0.4, -0.2) is 74.9 Å². The summed E-state index contributed by atoms with van der Waals surface area (Å²) in [7, 11) is -2.73. The minimum absolute atomic E-state index is 0.0271. The fourth-order valence-corrected chi connectivity index (χ4v) is 5.61. The topological polar surface area (TPSA) is 110 Å². The maximum Gasteiger partial charge on any atom is 0.339 e.